The van der Waals surface area contributed by atoms with Gasteiger partial charge in [0, 0.05) is 23.9 Å². The van der Waals surface area contributed by atoms with Gasteiger partial charge in [-0.3, -0.25) is 0 Å². The summed E-state index contributed by atoms with van der Waals surface area (Å²) in [5, 5.41) is 0.686. The molecule has 116 valence electrons. The molecule has 5 nitrogen and oxygen atoms in total. The Balaban J connectivity index is -0.000000277. The van der Waals surface area contributed by atoms with E-state index in [-0.39, 0.29) is 19.8 Å². The molecular formula is C14H23BrO5. The Labute approximate surface area is 129 Å². The maximum atomic E-state index is 10.5. The number of hydrogen-bond donors (Lipinski definition) is 0. The summed E-state index contributed by atoms with van der Waals surface area (Å²) in [5.74, 6) is -0.679. The van der Waals surface area contributed by atoms with Crippen LogP contribution in [0.2, 0.25) is 0 Å². The van der Waals surface area contributed by atoms with Gasteiger partial charge in [0.2, 0.25) is 0 Å². The fourth-order valence-electron chi connectivity index (χ4n) is 0.741. The summed E-state index contributed by atoms with van der Waals surface area (Å²) in [6.45, 7) is 4.31. The number of alkyl halides is 1. The number of aldehydes is 1. The molecule has 0 N–H and O–H groups in total. The number of rotatable bonds is 7. The van der Waals surface area contributed by atoms with Gasteiger partial charge in [-0.05, 0) is 13.8 Å². The second-order valence-electron chi connectivity index (χ2n) is 2.87. The number of hydrogen-bond acceptors (Lipinski definition) is 5. The van der Waals surface area contributed by atoms with Crippen LogP contribution in [-0.2, 0) is 23.9 Å². The molecule has 0 aromatic heterocycles. The van der Waals surface area contributed by atoms with Gasteiger partial charge in [0.15, 0.2) is 0 Å². The maximum Gasteiger partial charge on any atom is 0.330 e. The number of allylic oxidation sites excluding steroid dienone is 2. The first-order valence-electron chi connectivity index (χ1n) is 5.78. The molecule has 0 saturated carbocycles. The van der Waals surface area contributed by atoms with Gasteiger partial charge in [-0.2, -0.15) is 0 Å². The van der Waals surface area contributed by atoms with Crippen LogP contribution >= 0.6 is 15.9 Å². The van der Waals surface area contributed by atoms with Crippen molar-refractivity contribution < 1.29 is 23.9 Å². The zero-order chi connectivity index (χ0) is 14.9. The van der Waals surface area contributed by atoms with Gasteiger partial charge in [-0.15, -0.1) is 0 Å². The summed E-state index contributed by atoms with van der Waals surface area (Å²) < 4.78 is 9.14. The highest BCUT2D eigenvalue weighted by Crippen LogP contribution is 1.84. The van der Waals surface area contributed by atoms with Crippen LogP contribution in [0.4, 0.5) is 0 Å². The summed E-state index contributed by atoms with van der Waals surface area (Å²) >= 11 is 3.13. The quantitative estimate of drug-likeness (QED) is 0.305. The van der Waals surface area contributed by atoms with Crippen molar-refractivity contribution in [3.8, 4) is 0 Å². The minimum Gasteiger partial charge on any atom is -0.463 e. The van der Waals surface area contributed by atoms with E-state index < -0.39 is 5.97 Å². The van der Waals surface area contributed by atoms with Crippen molar-refractivity contribution in [2.45, 2.75) is 27.7 Å². The monoisotopic (exact) mass is 350 g/mol. The van der Waals surface area contributed by atoms with E-state index in [0.29, 0.717) is 18.5 Å². The normalized spacial score (nSPS) is 9.35. The van der Waals surface area contributed by atoms with E-state index in [2.05, 4.69) is 25.4 Å². The van der Waals surface area contributed by atoms with Crippen molar-refractivity contribution in [1.29, 1.82) is 0 Å². The van der Waals surface area contributed by atoms with Crippen molar-refractivity contribution in [2.24, 2.45) is 0 Å². The predicted molar refractivity (Wildman–Crippen MR) is 82.8 cm³/mol. The SMILES string of the molecule is C.CCOC(=O)/C=C/CC=O.CCOC(=O)C=CCBr. The van der Waals surface area contributed by atoms with Crippen LogP contribution in [0.25, 0.3) is 0 Å². The van der Waals surface area contributed by atoms with Gasteiger partial charge in [0.25, 0.3) is 0 Å². The van der Waals surface area contributed by atoms with Crippen LogP contribution in [0.5, 0.6) is 0 Å². The van der Waals surface area contributed by atoms with E-state index in [1.807, 2.05) is 0 Å². The molecule has 0 aliphatic carbocycles. The smallest absolute Gasteiger partial charge is 0.330 e. The van der Waals surface area contributed by atoms with Crippen LogP contribution in [-0.4, -0.2) is 36.8 Å². The van der Waals surface area contributed by atoms with Gasteiger partial charge < -0.3 is 14.3 Å². The van der Waals surface area contributed by atoms with Crippen LogP contribution in [0, 0.1) is 0 Å². The molecule has 0 atom stereocenters. The first-order valence-corrected chi connectivity index (χ1v) is 6.90. The molecule has 0 unspecified atom stereocenters. The average Bonchev–Trinajstić information content (AvgIpc) is 2.38. The Bertz CT molecular complexity index is 311. The summed E-state index contributed by atoms with van der Waals surface area (Å²) in [5.41, 5.74) is 0. The second kappa shape index (κ2) is 19.9. The first-order chi connectivity index (χ1) is 9.12. The molecule has 0 aliphatic heterocycles. The summed E-state index contributed by atoms with van der Waals surface area (Å²) in [6.07, 6.45) is 6.79. The minimum absolute atomic E-state index is 0. The van der Waals surface area contributed by atoms with Gasteiger partial charge in [-0.25, -0.2) is 9.59 Å². The highest BCUT2D eigenvalue weighted by molar-refractivity contribution is 9.09. The van der Waals surface area contributed by atoms with Gasteiger partial charge in [0.1, 0.15) is 6.29 Å². The lowest BCUT2D eigenvalue weighted by atomic mass is 10.4. The van der Waals surface area contributed by atoms with Gasteiger partial charge in [0.05, 0.1) is 13.2 Å². The number of esters is 2. The molecule has 0 fully saturated rings. The Kier molecular flexibility index (Phi) is 23.5. The molecule has 0 aromatic rings. The number of carbonyl (C=O) groups is 3. The van der Waals surface area contributed by atoms with Crippen molar-refractivity contribution in [2.75, 3.05) is 18.5 Å². The van der Waals surface area contributed by atoms with E-state index in [4.69, 9.17) is 0 Å². The highest BCUT2D eigenvalue weighted by atomic mass is 79.9. The van der Waals surface area contributed by atoms with E-state index >= 15 is 0 Å². The largest absolute Gasteiger partial charge is 0.463 e. The predicted octanol–water partition coefficient (Wildman–Crippen LogP) is 2.83. The molecule has 6 heteroatoms. The van der Waals surface area contributed by atoms with Crippen LogP contribution < -0.4 is 0 Å². The second-order valence-corrected chi connectivity index (χ2v) is 3.51. The van der Waals surface area contributed by atoms with Gasteiger partial charge >= 0.3 is 11.9 Å². The summed E-state index contributed by atoms with van der Waals surface area (Å²) in [6, 6.07) is 0. The molecule has 0 aromatic carbocycles. The molecule has 0 bridgehead atoms. The van der Waals surface area contributed by atoms with Crippen molar-refractivity contribution in [1.82, 2.24) is 0 Å². The minimum atomic E-state index is -0.399. The fourth-order valence-corrected chi connectivity index (χ4v) is 0.928. The third-order valence-electron chi connectivity index (χ3n) is 1.40. The molecule has 0 rings (SSSR count). The third kappa shape index (κ3) is 21.8. The molecule has 0 spiro atoms. The fraction of sp³-hybridized carbons (Fsp3) is 0.500. The number of ether oxygens (including phenoxy) is 2. The average molecular weight is 351 g/mol. The Morgan fingerprint density at radius 3 is 1.80 bits per heavy atom. The molecule has 20 heavy (non-hydrogen) atoms. The number of halogens is 1. The zero-order valence-electron chi connectivity index (χ0n) is 11.1. The lowest BCUT2D eigenvalue weighted by molar-refractivity contribution is -0.138. The Morgan fingerprint density at radius 2 is 1.45 bits per heavy atom. The van der Waals surface area contributed by atoms with E-state index in [9.17, 15) is 14.4 Å². The van der Waals surface area contributed by atoms with E-state index in [1.54, 1.807) is 19.9 Å². The van der Waals surface area contributed by atoms with Crippen LogP contribution in [0.15, 0.2) is 24.3 Å². The molecule has 0 radical (unpaired) electrons. The Hall–Kier alpha value is -1.43. The summed E-state index contributed by atoms with van der Waals surface area (Å²) in [4.78, 5) is 30.7. The van der Waals surface area contributed by atoms with Crippen molar-refractivity contribution >= 4 is 34.2 Å². The first kappa shape index (κ1) is 23.6. The zero-order valence-corrected chi connectivity index (χ0v) is 12.7. The molecular weight excluding hydrogens is 328 g/mol. The highest BCUT2D eigenvalue weighted by Gasteiger charge is 1.90. The van der Waals surface area contributed by atoms with Crippen molar-refractivity contribution in [3.63, 3.8) is 0 Å². The molecule has 0 aliphatic rings. The maximum absolute atomic E-state index is 10.5. The lowest BCUT2D eigenvalue weighted by Gasteiger charge is -1.92. The van der Waals surface area contributed by atoms with E-state index in [0.717, 1.165) is 6.29 Å². The Morgan fingerprint density at radius 1 is 1.00 bits per heavy atom. The molecule has 0 heterocycles. The van der Waals surface area contributed by atoms with Crippen LogP contribution in [0.1, 0.15) is 27.7 Å². The standard InChI is InChI=1S/C7H10O3.C6H9BrO2.CH4/c1-2-10-7(9)5-3-4-6-8;1-2-9-6(8)4-3-5-7;/h3,5-6H,2,4H2,1H3;3-4H,2,5H2,1H3;1H4/b5-3+;;. The summed E-state index contributed by atoms with van der Waals surface area (Å²) in [7, 11) is 0. The third-order valence-corrected chi connectivity index (χ3v) is 1.78. The molecule has 0 amide bonds. The van der Waals surface area contributed by atoms with Gasteiger partial charge in [-0.1, -0.05) is 35.5 Å². The van der Waals surface area contributed by atoms with Crippen molar-refractivity contribution in [3.05, 3.63) is 24.3 Å². The lowest BCUT2D eigenvalue weighted by Crippen LogP contribution is -1.98. The van der Waals surface area contributed by atoms with E-state index in [1.165, 1.54) is 18.2 Å². The topological polar surface area (TPSA) is 69.7 Å². The van der Waals surface area contributed by atoms with Crippen LogP contribution in [0.3, 0.4) is 0 Å². The molecule has 0 saturated heterocycles. The number of carbonyl (C=O) groups excluding carboxylic acids is 3.